The number of carbonyl (C=O) groups is 1. The molecule has 0 saturated heterocycles. The van der Waals surface area contributed by atoms with Crippen LogP contribution in [-0.2, 0) is 4.79 Å². The van der Waals surface area contributed by atoms with Crippen molar-refractivity contribution in [3.05, 3.63) is 11.8 Å². The average Bonchev–Trinajstić information content (AvgIpc) is 2.38. The summed E-state index contributed by atoms with van der Waals surface area (Å²) >= 11 is 0. The summed E-state index contributed by atoms with van der Waals surface area (Å²) in [5.74, 6) is 0.879. The Morgan fingerprint density at radius 1 is 1.25 bits per heavy atom. The van der Waals surface area contributed by atoms with Crippen LogP contribution in [0.25, 0.3) is 0 Å². The number of carbonyl (C=O) groups excluding carboxylic acids is 1. The Hall–Kier alpha value is -0.630. The molecule has 2 bridgehead atoms. The van der Waals surface area contributed by atoms with E-state index in [9.17, 15) is 4.79 Å². The largest absolute Gasteiger partial charge is 0.304 e. The van der Waals surface area contributed by atoms with Gasteiger partial charge in [0.15, 0.2) is 5.78 Å². The number of ketones is 1. The van der Waals surface area contributed by atoms with Crippen LogP contribution in [0.2, 0.25) is 0 Å². The number of Topliss-reactive ketones (excluding diaryl/α,β-unsaturated/α-hetero) is 1. The van der Waals surface area contributed by atoms with Gasteiger partial charge in [-0.05, 0) is 24.2 Å². The summed E-state index contributed by atoms with van der Waals surface area (Å²) in [6.07, 6.45) is 4.40. The van der Waals surface area contributed by atoms with Crippen LogP contribution in [-0.4, -0.2) is 31.4 Å². The van der Waals surface area contributed by atoms with Crippen molar-refractivity contribution in [2.75, 3.05) is 21.1 Å². The van der Waals surface area contributed by atoms with E-state index in [4.69, 9.17) is 0 Å². The molecule has 2 aliphatic rings. The number of hydrogen-bond donors (Lipinski definition) is 0. The van der Waals surface area contributed by atoms with Crippen LogP contribution in [0, 0.1) is 16.7 Å². The summed E-state index contributed by atoms with van der Waals surface area (Å²) in [7, 11) is 6.34. The van der Waals surface area contributed by atoms with Gasteiger partial charge in [-0.15, -0.1) is 0 Å². The normalized spacial score (nSPS) is 39.8. The molecule has 0 aromatic heterocycles. The van der Waals surface area contributed by atoms with Crippen LogP contribution < -0.4 is 0 Å². The van der Waals surface area contributed by atoms with E-state index in [2.05, 4.69) is 48.1 Å². The molecular formula is C14H24NO+. The molecule has 0 unspecified atom stereocenters. The second-order valence-corrected chi connectivity index (χ2v) is 7.17. The molecule has 2 heteroatoms. The average molecular weight is 222 g/mol. The minimum atomic E-state index is -0.112. The molecule has 16 heavy (non-hydrogen) atoms. The zero-order valence-corrected chi connectivity index (χ0v) is 11.4. The molecule has 0 spiro atoms. The third-order valence-electron chi connectivity index (χ3n) is 4.89. The van der Waals surface area contributed by atoms with E-state index < -0.39 is 0 Å². The highest BCUT2D eigenvalue weighted by atomic mass is 16.1. The quantitative estimate of drug-likeness (QED) is 0.492. The molecule has 90 valence electrons. The van der Waals surface area contributed by atoms with Crippen LogP contribution in [0.4, 0.5) is 0 Å². The minimum Gasteiger partial charge on any atom is -0.304 e. The fraction of sp³-hybridized carbons (Fsp3) is 0.786. The van der Waals surface area contributed by atoms with Gasteiger partial charge in [-0.1, -0.05) is 20.8 Å². The van der Waals surface area contributed by atoms with Crippen molar-refractivity contribution in [2.24, 2.45) is 16.7 Å². The smallest absolute Gasteiger partial charge is 0.170 e. The van der Waals surface area contributed by atoms with E-state index in [1.165, 1.54) is 6.42 Å². The lowest BCUT2D eigenvalue weighted by molar-refractivity contribution is -0.817. The third kappa shape index (κ3) is 1.32. The van der Waals surface area contributed by atoms with Gasteiger partial charge < -0.3 is 4.48 Å². The fourth-order valence-corrected chi connectivity index (χ4v) is 3.49. The molecule has 2 saturated carbocycles. The van der Waals surface area contributed by atoms with Gasteiger partial charge in [0.05, 0.1) is 26.7 Å². The number of nitrogens with zero attached hydrogens (tertiary/aromatic N) is 1. The first-order valence-electron chi connectivity index (χ1n) is 6.18. The van der Waals surface area contributed by atoms with Crippen molar-refractivity contribution >= 4 is 5.78 Å². The van der Waals surface area contributed by atoms with Crippen LogP contribution in [0.15, 0.2) is 11.8 Å². The fourth-order valence-electron chi connectivity index (χ4n) is 3.49. The molecule has 0 amide bonds. The summed E-state index contributed by atoms with van der Waals surface area (Å²) in [5, 5.41) is 0. The monoisotopic (exact) mass is 222 g/mol. The van der Waals surface area contributed by atoms with E-state index in [-0.39, 0.29) is 10.8 Å². The molecule has 0 aliphatic heterocycles. The van der Waals surface area contributed by atoms with Gasteiger partial charge in [-0.2, -0.15) is 0 Å². The summed E-state index contributed by atoms with van der Waals surface area (Å²) in [6.45, 7) is 6.68. The predicted molar refractivity (Wildman–Crippen MR) is 65.7 cm³/mol. The summed E-state index contributed by atoms with van der Waals surface area (Å²) < 4.78 is 0.740. The zero-order chi connectivity index (χ0) is 12.4. The highest BCUT2D eigenvalue weighted by Crippen LogP contribution is 2.65. The maximum atomic E-state index is 12.5. The highest BCUT2D eigenvalue weighted by molar-refractivity contribution is 6.04. The van der Waals surface area contributed by atoms with Crippen LogP contribution in [0.3, 0.4) is 0 Å². The molecule has 2 rings (SSSR count). The molecule has 2 fully saturated rings. The number of fused-ring (bicyclic) bond motifs is 2. The van der Waals surface area contributed by atoms with Gasteiger partial charge in [0.2, 0.25) is 0 Å². The van der Waals surface area contributed by atoms with Gasteiger partial charge in [0.25, 0.3) is 0 Å². The van der Waals surface area contributed by atoms with Crippen molar-refractivity contribution in [2.45, 2.75) is 33.6 Å². The maximum absolute atomic E-state index is 12.5. The summed E-state index contributed by atoms with van der Waals surface area (Å²) in [4.78, 5) is 12.5. The molecule has 0 radical (unpaired) electrons. The second-order valence-electron chi connectivity index (χ2n) is 7.17. The molecule has 0 heterocycles. The molecule has 2 nitrogen and oxygen atoms in total. The highest BCUT2D eigenvalue weighted by Gasteiger charge is 2.64. The van der Waals surface area contributed by atoms with Gasteiger partial charge in [0.1, 0.15) is 6.20 Å². The summed E-state index contributed by atoms with van der Waals surface area (Å²) in [6, 6.07) is 0. The number of rotatable bonds is 1. The SMILES string of the molecule is CC1(C)[C@@H]2CC[C@@]1(C)C(=O)/C2=C\[N+](C)(C)C. The van der Waals surface area contributed by atoms with Crippen molar-refractivity contribution < 1.29 is 9.28 Å². The van der Waals surface area contributed by atoms with Gasteiger partial charge >= 0.3 is 0 Å². The Bertz CT molecular complexity index is 373. The van der Waals surface area contributed by atoms with Crippen LogP contribution >= 0.6 is 0 Å². The van der Waals surface area contributed by atoms with Crippen LogP contribution in [0.5, 0.6) is 0 Å². The van der Waals surface area contributed by atoms with Gasteiger partial charge in [0, 0.05) is 5.41 Å². The first kappa shape index (κ1) is 11.8. The first-order chi connectivity index (χ1) is 7.09. The lowest BCUT2D eigenvalue weighted by Crippen LogP contribution is -2.33. The molecular weight excluding hydrogens is 198 g/mol. The minimum absolute atomic E-state index is 0.112. The van der Waals surface area contributed by atoms with E-state index in [1.807, 2.05) is 0 Å². The van der Waals surface area contributed by atoms with E-state index in [0.29, 0.717) is 11.7 Å². The summed E-state index contributed by atoms with van der Waals surface area (Å²) in [5.41, 5.74) is 1.12. The zero-order valence-electron chi connectivity index (χ0n) is 11.4. The Labute approximate surface area is 98.9 Å². The lowest BCUT2D eigenvalue weighted by atomic mass is 9.70. The van der Waals surface area contributed by atoms with Crippen LogP contribution in [0.1, 0.15) is 33.6 Å². The number of quaternary nitrogens is 1. The van der Waals surface area contributed by atoms with Crippen molar-refractivity contribution in [3.8, 4) is 0 Å². The molecule has 0 aromatic carbocycles. The Morgan fingerprint density at radius 2 is 1.81 bits per heavy atom. The molecule has 0 N–H and O–H groups in total. The van der Waals surface area contributed by atoms with E-state index in [1.54, 1.807) is 0 Å². The standard InChI is InChI=1S/C14H24NO/c1-13(2)11-7-8-14(13,3)12(16)10(11)9-15(4,5)6/h9,11H,7-8H2,1-6H3/q+1/b10-9-/t11-,14+/m1/s1. The maximum Gasteiger partial charge on any atom is 0.170 e. The van der Waals surface area contributed by atoms with Gasteiger partial charge in [-0.3, -0.25) is 4.79 Å². The Balaban J connectivity index is 2.49. The molecule has 2 atom stereocenters. The third-order valence-corrected chi connectivity index (χ3v) is 4.89. The number of allylic oxidation sites excluding steroid dienone is 1. The topological polar surface area (TPSA) is 17.1 Å². The van der Waals surface area contributed by atoms with E-state index >= 15 is 0 Å². The predicted octanol–water partition coefficient (Wildman–Crippen LogP) is 2.60. The number of hydrogen-bond acceptors (Lipinski definition) is 1. The molecule has 2 aliphatic carbocycles. The lowest BCUT2D eigenvalue weighted by Gasteiger charge is -2.31. The Kier molecular flexibility index (Phi) is 2.20. The van der Waals surface area contributed by atoms with Gasteiger partial charge in [-0.25, -0.2) is 0 Å². The Morgan fingerprint density at radius 3 is 2.19 bits per heavy atom. The van der Waals surface area contributed by atoms with Crippen molar-refractivity contribution in [1.29, 1.82) is 0 Å². The molecule has 0 aromatic rings. The van der Waals surface area contributed by atoms with Crippen molar-refractivity contribution in [3.63, 3.8) is 0 Å². The first-order valence-corrected chi connectivity index (χ1v) is 6.18. The second kappa shape index (κ2) is 2.98. The van der Waals surface area contributed by atoms with E-state index in [0.717, 1.165) is 16.5 Å². The van der Waals surface area contributed by atoms with Crippen molar-refractivity contribution in [1.82, 2.24) is 0 Å².